The van der Waals surface area contributed by atoms with Crippen molar-refractivity contribution >= 4 is 17.0 Å². The molecule has 4 rings (SSSR count). The van der Waals surface area contributed by atoms with Gasteiger partial charge in [0.15, 0.2) is 5.58 Å². The molecular weight excluding hydrogens is 336 g/mol. The molecule has 0 aliphatic carbocycles. The van der Waals surface area contributed by atoms with Gasteiger partial charge in [-0.1, -0.05) is 12.1 Å². The number of likely N-dealkylation sites (tertiary alicyclic amines) is 1. The third-order valence-corrected chi connectivity index (χ3v) is 4.24. The highest BCUT2D eigenvalue weighted by Gasteiger charge is 2.33. The summed E-state index contributed by atoms with van der Waals surface area (Å²) in [5.41, 5.74) is 1.40. The Morgan fingerprint density at radius 2 is 2.12 bits per heavy atom. The van der Waals surface area contributed by atoms with Crippen LogP contribution in [0.1, 0.15) is 5.56 Å². The van der Waals surface area contributed by atoms with Crippen molar-refractivity contribution in [3.8, 4) is 11.9 Å². The average Bonchev–Trinajstić information content (AvgIpc) is 2.93. The highest BCUT2D eigenvalue weighted by Crippen LogP contribution is 2.20. The predicted molar refractivity (Wildman–Crippen MR) is 90.4 cm³/mol. The number of benzene rings is 1. The van der Waals surface area contributed by atoms with Gasteiger partial charge in [0.25, 0.3) is 0 Å². The highest BCUT2D eigenvalue weighted by molar-refractivity contribution is 5.80. The minimum Gasteiger partial charge on any atom is -0.470 e. The number of amides is 1. The predicted octanol–water partition coefficient (Wildman–Crippen LogP) is 1.15. The molecule has 1 saturated heterocycles. The normalized spacial score (nSPS) is 14.0. The van der Waals surface area contributed by atoms with Gasteiger partial charge in [0.2, 0.25) is 11.8 Å². The summed E-state index contributed by atoms with van der Waals surface area (Å²) in [5.74, 6) is -0.482. The van der Waals surface area contributed by atoms with Crippen molar-refractivity contribution < 1.29 is 13.9 Å². The van der Waals surface area contributed by atoms with Crippen LogP contribution in [0.15, 0.2) is 51.8 Å². The number of para-hydroxylation sites is 2. The molecule has 0 saturated carbocycles. The Morgan fingerprint density at radius 1 is 1.31 bits per heavy atom. The number of oxazole rings is 1. The number of nitriles is 1. The van der Waals surface area contributed by atoms with Crippen molar-refractivity contribution in [1.82, 2.24) is 14.5 Å². The first-order valence-corrected chi connectivity index (χ1v) is 8.03. The van der Waals surface area contributed by atoms with Crippen molar-refractivity contribution in [3.05, 3.63) is 58.7 Å². The van der Waals surface area contributed by atoms with Crippen molar-refractivity contribution in [2.75, 3.05) is 13.1 Å². The van der Waals surface area contributed by atoms with E-state index in [1.165, 1.54) is 4.57 Å². The van der Waals surface area contributed by atoms with Crippen molar-refractivity contribution in [3.63, 3.8) is 0 Å². The van der Waals surface area contributed by atoms with E-state index >= 15 is 0 Å². The lowest BCUT2D eigenvalue weighted by molar-refractivity contribution is -0.140. The third-order valence-electron chi connectivity index (χ3n) is 4.24. The van der Waals surface area contributed by atoms with E-state index in [2.05, 4.69) is 4.98 Å². The number of carbonyl (C=O) groups excluding carboxylic acids is 1. The number of ether oxygens (including phenoxy) is 1. The molecule has 0 N–H and O–H groups in total. The van der Waals surface area contributed by atoms with Crippen LogP contribution in [0.2, 0.25) is 0 Å². The van der Waals surface area contributed by atoms with E-state index < -0.39 is 5.76 Å². The monoisotopic (exact) mass is 350 g/mol. The molecule has 130 valence electrons. The van der Waals surface area contributed by atoms with Crippen LogP contribution in [0.25, 0.3) is 11.1 Å². The Labute approximate surface area is 147 Å². The van der Waals surface area contributed by atoms with Gasteiger partial charge in [-0.2, -0.15) is 5.26 Å². The summed E-state index contributed by atoms with van der Waals surface area (Å²) in [4.78, 5) is 30.0. The number of pyridine rings is 1. The minimum atomic E-state index is -0.556. The van der Waals surface area contributed by atoms with Crippen molar-refractivity contribution in [1.29, 1.82) is 5.26 Å². The maximum atomic E-state index is 12.4. The number of carbonyl (C=O) groups is 1. The summed E-state index contributed by atoms with van der Waals surface area (Å²) >= 11 is 0. The summed E-state index contributed by atoms with van der Waals surface area (Å²) in [6.07, 6.45) is 1.33. The lowest BCUT2D eigenvalue weighted by Gasteiger charge is -2.38. The second-order valence-electron chi connectivity index (χ2n) is 5.93. The number of fused-ring (bicyclic) bond motifs is 1. The Morgan fingerprint density at radius 3 is 2.92 bits per heavy atom. The van der Waals surface area contributed by atoms with Crippen LogP contribution < -0.4 is 10.5 Å². The van der Waals surface area contributed by atoms with Crippen LogP contribution in [-0.2, 0) is 11.3 Å². The fourth-order valence-electron chi connectivity index (χ4n) is 2.84. The zero-order valence-electron chi connectivity index (χ0n) is 13.7. The first kappa shape index (κ1) is 15.9. The second-order valence-corrected chi connectivity index (χ2v) is 5.93. The summed E-state index contributed by atoms with van der Waals surface area (Å²) in [5, 5.41) is 9.04. The number of hydrogen-bond acceptors (Lipinski definition) is 6. The smallest absolute Gasteiger partial charge is 0.420 e. The fraction of sp³-hybridized carbons (Fsp3) is 0.222. The van der Waals surface area contributed by atoms with Crippen molar-refractivity contribution in [2.45, 2.75) is 12.6 Å². The van der Waals surface area contributed by atoms with Gasteiger partial charge in [-0.3, -0.25) is 9.36 Å². The minimum absolute atomic E-state index is 0.0877. The zero-order chi connectivity index (χ0) is 18.1. The molecule has 8 nitrogen and oxygen atoms in total. The quantitative estimate of drug-likeness (QED) is 0.699. The van der Waals surface area contributed by atoms with Gasteiger partial charge >= 0.3 is 5.76 Å². The van der Waals surface area contributed by atoms with E-state index in [0.29, 0.717) is 29.8 Å². The van der Waals surface area contributed by atoms with E-state index in [4.69, 9.17) is 14.4 Å². The van der Waals surface area contributed by atoms with E-state index in [1.807, 2.05) is 6.07 Å². The van der Waals surface area contributed by atoms with E-state index in [-0.39, 0.29) is 24.4 Å². The molecule has 1 aromatic carbocycles. The molecular formula is C18H14N4O4. The lowest BCUT2D eigenvalue weighted by Crippen LogP contribution is -2.57. The summed E-state index contributed by atoms with van der Waals surface area (Å²) in [6.45, 7) is 0.672. The molecule has 0 atom stereocenters. The molecule has 3 heterocycles. The van der Waals surface area contributed by atoms with Gasteiger partial charge < -0.3 is 14.1 Å². The molecule has 26 heavy (non-hydrogen) atoms. The van der Waals surface area contributed by atoms with Crippen LogP contribution in [0.3, 0.4) is 0 Å². The van der Waals surface area contributed by atoms with E-state index in [0.717, 1.165) is 0 Å². The molecule has 0 bridgehead atoms. The molecule has 1 aliphatic heterocycles. The number of rotatable bonds is 4. The highest BCUT2D eigenvalue weighted by atomic mass is 16.5. The standard InChI is InChI=1S/C18H14N4O4/c19-8-12-4-3-7-20-17(12)25-13-9-21(10-13)16(23)11-22-14-5-1-2-6-15(14)26-18(22)24/h1-7,13H,9-11H2. The molecule has 1 aliphatic rings. The van der Waals surface area contributed by atoms with Crippen LogP contribution in [0.5, 0.6) is 5.88 Å². The van der Waals surface area contributed by atoms with Gasteiger partial charge in [-0.05, 0) is 24.3 Å². The Kier molecular flexibility index (Phi) is 3.89. The van der Waals surface area contributed by atoms with Gasteiger partial charge in [0, 0.05) is 6.20 Å². The van der Waals surface area contributed by atoms with E-state index in [9.17, 15) is 9.59 Å². The molecule has 3 aromatic rings. The van der Waals surface area contributed by atoms with Crippen LogP contribution in [-0.4, -0.2) is 39.6 Å². The van der Waals surface area contributed by atoms with Gasteiger partial charge in [-0.15, -0.1) is 0 Å². The van der Waals surface area contributed by atoms with Gasteiger partial charge in [0.05, 0.1) is 18.6 Å². The Bertz CT molecular complexity index is 1070. The Balaban J connectivity index is 1.40. The largest absolute Gasteiger partial charge is 0.470 e. The molecule has 0 radical (unpaired) electrons. The SMILES string of the molecule is N#Cc1cccnc1OC1CN(C(=O)Cn2c(=O)oc3ccccc32)C1. The maximum Gasteiger partial charge on any atom is 0.420 e. The number of aromatic nitrogens is 2. The van der Waals surface area contributed by atoms with Gasteiger partial charge in [0.1, 0.15) is 24.3 Å². The molecule has 0 unspecified atom stereocenters. The zero-order valence-corrected chi connectivity index (χ0v) is 13.7. The molecule has 8 heteroatoms. The number of hydrogen-bond donors (Lipinski definition) is 0. The summed E-state index contributed by atoms with van der Waals surface area (Å²) in [7, 11) is 0. The summed E-state index contributed by atoms with van der Waals surface area (Å²) < 4.78 is 12.1. The topological polar surface area (TPSA) is 101 Å². The molecule has 1 fully saturated rings. The lowest BCUT2D eigenvalue weighted by atomic mass is 10.1. The second kappa shape index (κ2) is 6.37. The maximum absolute atomic E-state index is 12.4. The van der Waals surface area contributed by atoms with Gasteiger partial charge in [-0.25, -0.2) is 9.78 Å². The van der Waals surface area contributed by atoms with Crippen LogP contribution >= 0.6 is 0 Å². The van der Waals surface area contributed by atoms with E-state index in [1.54, 1.807) is 47.5 Å². The summed E-state index contributed by atoms with van der Waals surface area (Å²) in [6, 6.07) is 12.3. The first-order valence-electron chi connectivity index (χ1n) is 8.03. The first-order chi connectivity index (χ1) is 12.7. The third kappa shape index (κ3) is 2.80. The molecule has 0 spiro atoms. The number of nitrogens with zero attached hydrogens (tertiary/aromatic N) is 4. The molecule has 2 aromatic heterocycles. The van der Waals surface area contributed by atoms with Crippen LogP contribution in [0, 0.1) is 11.3 Å². The molecule has 1 amide bonds. The Hall–Kier alpha value is -3.60. The van der Waals surface area contributed by atoms with Crippen LogP contribution in [0.4, 0.5) is 0 Å². The van der Waals surface area contributed by atoms with Crippen molar-refractivity contribution in [2.24, 2.45) is 0 Å². The fourth-order valence-corrected chi connectivity index (χ4v) is 2.84. The average molecular weight is 350 g/mol.